The Bertz CT molecular complexity index is 1100. The van der Waals surface area contributed by atoms with E-state index >= 15 is 0 Å². The summed E-state index contributed by atoms with van der Waals surface area (Å²) in [6.07, 6.45) is 0. The van der Waals surface area contributed by atoms with Crippen molar-refractivity contribution in [3.63, 3.8) is 0 Å². The molecule has 140 valence electrons. The lowest BCUT2D eigenvalue weighted by Crippen LogP contribution is -2.22. The maximum Gasteiger partial charge on any atom is 0.349 e. The quantitative estimate of drug-likeness (QED) is 0.664. The molecule has 2 aromatic heterocycles. The summed E-state index contributed by atoms with van der Waals surface area (Å²) >= 11 is 0.964. The highest BCUT2D eigenvalue weighted by molar-refractivity contribution is 7.20. The third kappa shape index (κ3) is 3.70. The minimum Gasteiger partial charge on any atom is -0.451 e. The fourth-order valence-electron chi connectivity index (χ4n) is 2.44. The first-order valence-electron chi connectivity index (χ1n) is 7.69. The number of carbonyl (C=O) groups is 2. The summed E-state index contributed by atoms with van der Waals surface area (Å²) in [5.74, 6) is -3.24. The van der Waals surface area contributed by atoms with Gasteiger partial charge in [0.15, 0.2) is 6.61 Å². The molecule has 0 unspecified atom stereocenters. The number of rotatable bonds is 4. The van der Waals surface area contributed by atoms with Crippen molar-refractivity contribution in [1.29, 1.82) is 0 Å². The molecule has 0 aliphatic rings. The first-order chi connectivity index (χ1) is 12.8. The number of anilines is 1. The van der Waals surface area contributed by atoms with Crippen LogP contribution in [0.15, 0.2) is 23.0 Å². The monoisotopic (exact) mass is 393 g/mol. The number of aromatic nitrogens is 2. The Balaban J connectivity index is 1.74. The number of para-hydroxylation sites is 1. The van der Waals surface area contributed by atoms with Crippen LogP contribution in [0.2, 0.25) is 0 Å². The van der Waals surface area contributed by atoms with Crippen LogP contribution < -0.4 is 10.9 Å². The van der Waals surface area contributed by atoms with E-state index in [-0.39, 0.29) is 15.8 Å². The van der Waals surface area contributed by atoms with Crippen molar-refractivity contribution in [2.75, 3.05) is 11.9 Å². The number of hydrogen-bond acceptors (Lipinski definition) is 6. The molecule has 0 radical (unpaired) electrons. The Morgan fingerprint density at radius 2 is 1.93 bits per heavy atom. The molecule has 0 fully saturated rings. The molecule has 0 bridgehead atoms. The number of aryl methyl sites for hydroxylation is 2. The Morgan fingerprint density at radius 3 is 2.59 bits per heavy atom. The van der Waals surface area contributed by atoms with Crippen LogP contribution in [0.4, 0.5) is 14.5 Å². The lowest BCUT2D eigenvalue weighted by Gasteiger charge is -2.08. The lowest BCUT2D eigenvalue weighted by atomic mass is 10.2. The van der Waals surface area contributed by atoms with E-state index in [1.165, 1.54) is 0 Å². The molecule has 3 aromatic rings. The fraction of sp³-hybridized carbons (Fsp3) is 0.176. The van der Waals surface area contributed by atoms with Gasteiger partial charge in [0.2, 0.25) is 0 Å². The van der Waals surface area contributed by atoms with Crippen LogP contribution in [0.1, 0.15) is 21.1 Å². The van der Waals surface area contributed by atoms with Gasteiger partial charge in [-0.25, -0.2) is 18.6 Å². The number of aromatic amines is 1. The molecular formula is C17H13F2N3O4S. The normalized spacial score (nSPS) is 10.8. The molecule has 0 aliphatic carbocycles. The number of carbonyl (C=O) groups excluding carboxylic acids is 2. The summed E-state index contributed by atoms with van der Waals surface area (Å²) in [4.78, 5) is 43.3. The number of hydrogen-bond donors (Lipinski definition) is 2. The molecule has 2 heterocycles. The average Bonchev–Trinajstić information content (AvgIpc) is 2.93. The van der Waals surface area contributed by atoms with E-state index in [0.29, 0.717) is 16.2 Å². The number of H-pyrrole nitrogens is 1. The van der Waals surface area contributed by atoms with Gasteiger partial charge < -0.3 is 15.0 Å². The Hall–Kier alpha value is -3.14. The van der Waals surface area contributed by atoms with E-state index < -0.39 is 35.8 Å². The average molecular weight is 393 g/mol. The predicted octanol–water partition coefficient (Wildman–Crippen LogP) is 2.68. The van der Waals surface area contributed by atoms with Crippen molar-refractivity contribution in [3.05, 3.63) is 56.5 Å². The third-order valence-electron chi connectivity index (χ3n) is 3.67. The summed E-state index contributed by atoms with van der Waals surface area (Å²) in [6.45, 7) is 2.43. The van der Waals surface area contributed by atoms with Gasteiger partial charge in [0.05, 0.1) is 5.39 Å². The number of fused-ring (bicyclic) bond motifs is 1. The molecule has 0 aliphatic heterocycles. The van der Waals surface area contributed by atoms with E-state index in [1.807, 2.05) is 5.32 Å². The second-order valence-corrected chi connectivity index (χ2v) is 6.61. The molecule has 0 saturated carbocycles. The van der Waals surface area contributed by atoms with Gasteiger partial charge in [0, 0.05) is 0 Å². The zero-order valence-corrected chi connectivity index (χ0v) is 15.0. The zero-order valence-electron chi connectivity index (χ0n) is 14.2. The molecule has 10 heteroatoms. The molecule has 27 heavy (non-hydrogen) atoms. The van der Waals surface area contributed by atoms with Gasteiger partial charge in [-0.2, -0.15) is 0 Å². The molecule has 0 saturated heterocycles. The van der Waals surface area contributed by atoms with Gasteiger partial charge in [-0.1, -0.05) is 6.07 Å². The Morgan fingerprint density at radius 1 is 1.26 bits per heavy atom. The van der Waals surface area contributed by atoms with Crippen molar-refractivity contribution in [3.8, 4) is 0 Å². The summed E-state index contributed by atoms with van der Waals surface area (Å²) < 4.78 is 31.9. The van der Waals surface area contributed by atoms with Crippen molar-refractivity contribution in [2.24, 2.45) is 0 Å². The number of nitrogens with zero attached hydrogens (tertiary/aromatic N) is 1. The Labute approximate surface area is 155 Å². The fourth-order valence-corrected chi connectivity index (χ4v) is 3.56. The van der Waals surface area contributed by atoms with Gasteiger partial charge in [-0.3, -0.25) is 9.59 Å². The smallest absolute Gasteiger partial charge is 0.349 e. The predicted molar refractivity (Wildman–Crippen MR) is 95.0 cm³/mol. The largest absolute Gasteiger partial charge is 0.451 e. The van der Waals surface area contributed by atoms with Gasteiger partial charge >= 0.3 is 5.97 Å². The van der Waals surface area contributed by atoms with Crippen molar-refractivity contribution >= 4 is 39.1 Å². The molecule has 1 aromatic carbocycles. The van der Waals surface area contributed by atoms with Crippen molar-refractivity contribution in [2.45, 2.75) is 13.8 Å². The second kappa shape index (κ2) is 7.23. The third-order valence-corrected chi connectivity index (χ3v) is 4.83. The maximum absolute atomic E-state index is 13.5. The van der Waals surface area contributed by atoms with Crippen LogP contribution in [0, 0.1) is 25.5 Å². The molecule has 0 atom stereocenters. The molecule has 3 rings (SSSR count). The van der Waals surface area contributed by atoms with Gasteiger partial charge in [0.1, 0.15) is 32.9 Å². The summed E-state index contributed by atoms with van der Waals surface area (Å²) in [5.41, 5.74) is -0.616. The van der Waals surface area contributed by atoms with Crippen molar-refractivity contribution in [1.82, 2.24) is 9.97 Å². The molecule has 2 N–H and O–H groups in total. The molecule has 1 amide bonds. The van der Waals surface area contributed by atoms with Crippen LogP contribution in [-0.2, 0) is 9.53 Å². The summed E-state index contributed by atoms with van der Waals surface area (Å²) in [6, 6.07) is 3.12. The number of thiophene rings is 1. The van der Waals surface area contributed by atoms with Crippen molar-refractivity contribution < 1.29 is 23.1 Å². The standard InChI is InChI=1S/C17H13F2N3O4S/c1-7-12-15(24)20-8(2)21-16(12)27-14(7)17(25)26-6-11(23)22-13-9(18)4-3-5-10(13)19/h3-5H,6H2,1-2H3,(H,22,23)(H,20,21,24). The van der Waals surface area contributed by atoms with E-state index in [9.17, 15) is 23.2 Å². The summed E-state index contributed by atoms with van der Waals surface area (Å²) in [5, 5.41) is 2.29. The number of amides is 1. The number of halogens is 2. The lowest BCUT2D eigenvalue weighted by molar-refractivity contribution is -0.119. The summed E-state index contributed by atoms with van der Waals surface area (Å²) in [7, 11) is 0. The number of benzene rings is 1. The van der Waals surface area contributed by atoms with E-state index in [0.717, 1.165) is 29.5 Å². The Kier molecular flexibility index (Phi) is 5.00. The minimum atomic E-state index is -0.948. The van der Waals surface area contributed by atoms with E-state index in [2.05, 4.69) is 9.97 Å². The SMILES string of the molecule is Cc1nc2sc(C(=O)OCC(=O)Nc3c(F)cccc3F)c(C)c2c(=O)[nH]1. The minimum absolute atomic E-state index is 0.124. The number of nitrogens with one attached hydrogen (secondary N) is 2. The second-order valence-electron chi connectivity index (χ2n) is 5.61. The first kappa shape index (κ1) is 18.6. The molecule has 7 nitrogen and oxygen atoms in total. The van der Waals surface area contributed by atoms with Gasteiger partial charge in [-0.15, -0.1) is 11.3 Å². The highest BCUT2D eigenvalue weighted by Crippen LogP contribution is 2.27. The first-order valence-corrected chi connectivity index (χ1v) is 8.50. The number of ether oxygens (including phenoxy) is 1. The maximum atomic E-state index is 13.5. The topological polar surface area (TPSA) is 101 Å². The number of esters is 1. The van der Waals surface area contributed by atoms with Crippen LogP contribution >= 0.6 is 11.3 Å². The zero-order chi connectivity index (χ0) is 19.7. The van der Waals surface area contributed by atoms with E-state index in [1.54, 1.807) is 13.8 Å². The van der Waals surface area contributed by atoms with Crippen LogP contribution in [0.5, 0.6) is 0 Å². The van der Waals surface area contributed by atoms with Gasteiger partial charge in [0.25, 0.3) is 11.5 Å². The van der Waals surface area contributed by atoms with E-state index in [4.69, 9.17) is 4.74 Å². The van der Waals surface area contributed by atoms with Crippen LogP contribution in [0.25, 0.3) is 10.2 Å². The van der Waals surface area contributed by atoms with Gasteiger partial charge in [-0.05, 0) is 31.5 Å². The highest BCUT2D eigenvalue weighted by Gasteiger charge is 2.21. The van der Waals surface area contributed by atoms with Crippen LogP contribution in [-0.4, -0.2) is 28.5 Å². The highest BCUT2D eigenvalue weighted by atomic mass is 32.1. The molecular weight excluding hydrogens is 380 g/mol. The van der Waals surface area contributed by atoms with Crippen LogP contribution in [0.3, 0.4) is 0 Å². The molecule has 0 spiro atoms.